The first kappa shape index (κ1) is 24.6. The van der Waals surface area contributed by atoms with Crippen molar-refractivity contribution >= 4 is 0 Å². The van der Waals surface area contributed by atoms with Crippen LogP contribution in [-0.2, 0) is 11.8 Å². The van der Waals surface area contributed by atoms with E-state index in [4.69, 9.17) is 4.74 Å². The fraction of sp³-hybridized carbons (Fsp3) is 0.600. The van der Waals surface area contributed by atoms with Crippen LogP contribution in [0.3, 0.4) is 0 Å². The Hall–Kier alpha value is -2.08. The van der Waals surface area contributed by atoms with Crippen molar-refractivity contribution in [3.63, 3.8) is 0 Å². The Morgan fingerprint density at radius 2 is 1.77 bits per heavy atom. The van der Waals surface area contributed by atoms with Crippen LogP contribution in [0.15, 0.2) is 42.5 Å². The van der Waals surface area contributed by atoms with E-state index < -0.39 is 5.60 Å². The maximum absolute atomic E-state index is 12.7. The molecule has 2 saturated heterocycles. The van der Waals surface area contributed by atoms with Crippen molar-refractivity contribution in [3.05, 3.63) is 59.2 Å². The van der Waals surface area contributed by atoms with E-state index in [2.05, 4.69) is 35.8 Å². The third-order valence-corrected chi connectivity index (χ3v) is 9.37. The predicted octanol–water partition coefficient (Wildman–Crippen LogP) is 4.52. The average molecular weight is 479 g/mol. The van der Waals surface area contributed by atoms with Crippen molar-refractivity contribution in [2.45, 2.75) is 69.4 Å². The lowest BCUT2D eigenvalue weighted by Gasteiger charge is -2.58. The lowest BCUT2D eigenvalue weighted by atomic mass is 9.57. The highest BCUT2D eigenvalue weighted by molar-refractivity contribution is 5.43. The summed E-state index contributed by atoms with van der Waals surface area (Å²) in [5.41, 5.74) is 2.36. The second-order valence-electron chi connectivity index (χ2n) is 11.3. The van der Waals surface area contributed by atoms with E-state index in [0.29, 0.717) is 5.75 Å². The minimum atomic E-state index is -0.835. The molecule has 0 bridgehead atoms. The highest BCUT2D eigenvalue weighted by atomic mass is 16.5. The standard InChI is InChI=1S/C30H42N2O3/c1-22-8-11-26(33)20-27(22)29-13-17-31(16-12-25-6-4-5-7-28(25)35-3)18-15-30(29,34)23(2)32(19-14-29)21-24-9-10-24/h4-8,11,20,23-24,33-34H,9-10,12-19,21H2,1-3H3. The zero-order valence-electron chi connectivity index (χ0n) is 21.7. The van der Waals surface area contributed by atoms with Crippen molar-refractivity contribution in [2.75, 3.05) is 39.8 Å². The van der Waals surface area contributed by atoms with Crippen LogP contribution in [0, 0.1) is 12.8 Å². The van der Waals surface area contributed by atoms with E-state index in [1.807, 2.05) is 24.3 Å². The first-order valence-corrected chi connectivity index (χ1v) is 13.5. The van der Waals surface area contributed by atoms with Gasteiger partial charge < -0.3 is 19.8 Å². The fourth-order valence-electron chi connectivity index (χ4n) is 6.95. The molecule has 5 heteroatoms. The van der Waals surface area contributed by atoms with Gasteiger partial charge in [-0.3, -0.25) is 4.90 Å². The van der Waals surface area contributed by atoms with Gasteiger partial charge in [-0.2, -0.15) is 0 Å². The van der Waals surface area contributed by atoms with Crippen LogP contribution in [0.5, 0.6) is 11.5 Å². The molecule has 3 atom stereocenters. The summed E-state index contributed by atoms with van der Waals surface area (Å²) in [5.74, 6) is 2.05. The molecule has 3 fully saturated rings. The van der Waals surface area contributed by atoms with Crippen LogP contribution in [0.1, 0.15) is 55.7 Å². The van der Waals surface area contributed by atoms with Crippen LogP contribution < -0.4 is 4.74 Å². The highest BCUT2D eigenvalue weighted by Crippen LogP contribution is 2.53. The molecule has 5 nitrogen and oxygen atoms in total. The summed E-state index contributed by atoms with van der Waals surface area (Å²) in [6, 6.07) is 14.1. The minimum Gasteiger partial charge on any atom is -0.508 e. The van der Waals surface area contributed by atoms with Crippen molar-refractivity contribution in [2.24, 2.45) is 5.92 Å². The number of phenols is 1. The largest absolute Gasteiger partial charge is 0.508 e. The van der Waals surface area contributed by atoms with Crippen LogP contribution in [0.2, 0.25) is 0 Å². The molecule has 1 saturated carbocycles. The highest BCUT2D eigenvalue weighted by Gasteiger charge is 2.59. The number of phenolic OH excluding ortho intramolecular Hbond substituents is 1. The van der Waals surface area contributed by atoms with Gasteiger partial charge >= 0.3 is 0 Å². The summed E-state index contributed by atoms with van der Waals surface area (Å²) in [5, 5.41) is 23.1. The number of aryl methyl sites for hydroxylation is 1. The number of nitrogens with zero attached hydrogens (tertiary/aromatic N) is 2. The Labute approximate surface area is 210 Å². The molecule has 2 N–H and O–H groups in total. The van der Waals surface area contributed by atoms with E-state index in [1.54, 1.807) is 13.2 Å². The zero-order chi connectivity index (χ0) is 24.6. The predicted molar refractivity (Wildman–Crippen MR) is 140 cm³/mol. The number of piperidine rings is 1. The molecule has 0 aromatic heterocycles. The molecular weight excluding hydrogens is 436 g/mol. The van der Waals surface area contributed by atoms with E-state index in [-0.39, 0.29) is 11.5 Å². The third kappa shape index (κ3) is 4.59. The molecule has 0 amide bonds. The van der Waals surface area contributed by atoms with Gasteiger partial charge in [-0.25, -0.2) is 0 Å². The molecule has 35 heavy (non-hydrogen) atoms. The first-order valence-electron chi connectivity index (χ1n) is 13.5. The number of ether oxygens (including phenoxy) is 1. The monoisotopic (exact) mass is 478 g/mol. The molecule has 0 spiro atoms. The van der Waals surface area contributed by atoms with E-state index >= 15 is 0 Å². The van der Waals surface area contributed by atoms with Crippen molar-refractivity contribution in [3.8, 4) is 11.5 Å². The molecule has 2 aliphatic heterocycles. The molecule has 3 aliphatic rings. The van der Waals surface area contributed by atoms with Gasteiger partial charge in [0.05, 0.1) is 12.7 Å². The van der Waals surface area contributed by atoms with E-state index in [1.165, 1.54) is 24.0 Å². The van der Waals surface area contributed by atoms with Crippen molar-refractivity contribution in [1.82, 2.24) is 9.80 Å². The quantitative estimate of drug-likeness (QED) is 0.613. The molecule has 1 aliphatic carbocycles. The second-order valence-corrected chi connectivity index (χ2v) is 11.3. The maximum atomic E-state index is 12.7. The van der Waals surface area contributed by atoms with Gasteiger partial charge in [-0.05, 0) is 106 Å². The summed E-state index contributed by atoms with van der Waals surface area (Å²) < 4.78 is 5.58. The molecule has 0 radical (unpaired) electrons. The normalized spacial score (nSPS) is 30.0. The topological polar surface area (TPSA) is 56.2 Å². The Balaban J connectivity index is 1.43. The Kier molecular flexibility index (Phi) is 6.86. The lowest BCUT2D eigenvalue weighted by molar-refractivity contribution is -0.136. The van der Waals surface area contributed by atoms with E-state index in [9.17, 15) is 10.2 Å². The fourth-order valence-corrected chi connectivity index (χ4v) is 6.95. The molecule has 190 valence electrons. The first-order chi connectivity index (χ1) is 16.9. The number of likely N-dealkylation sites (tertiary alicyclic amines) is 2. The van der Waals surface area contributed by atoms with Gasteiger partial charge in [0.25, 0.3) is 0 Å². The SMILES string of the molecule is COc1ccccc1CCN1CCC2(c3cc(O)ccc3C)CCN(CC3CC3)C(C)C2(O)CC1. The minimum absolute atomic E-state index is 0.0905. The number of aromatic hydroxyl groups is 1. The number of hydrogen-bond acceptors (Lipinski definition) is 5. The van der Waals surface area contributed by atoms with E-state index in [0.717, 1.165) is 75.6 Å². The molecule has 5 rings (SSSR count). The number of para-hydroxylation sites is 1. The van der Waals surface area contributed by atoms with Gasteiger partial charge in [0.2, 0.25) is 0 Å². The molecule has 2 aromatic rings. The molecular formula is C30H42N2O3. The van der Waals surface area contributed by atoms with Gasteiger partial charge in [0.1, 0.15) is 11.5 Å². The van der Waals surface area contributed by atoms with Gasteiger partial charge in [0.15, 0.2) is 0 Å². The lowest BCUT2D eigenvalue weighted by Crippen LogP contribution is -2.68. The summed E-state index contributed by atoms with van der Waals surface area (Å²) in [6.07, 6.45) is 6.18. The third-order valence-electron chi connectivity index (χ3n) is 9.37. The average Bonchev–Trinajstić information content (AvgIpc) is 3.70. The van der Waals surface area contributed by atoms with Crippen LogP contribution in [-0.4, -0.2) is 71.5 Å². The number of aliphatic hydroxyl groups is 1. The summed E-state index contributed by atoms with van der Waals surface area (Å²) in [7, 11) is 1.74. The number of methoxy groups -OCH3 is 1. The molecule has 2 heterocycles. The number of benzene rings is 2. The Morgan fingerprint density at radius 1 is 1.03 bits per heavy atom. The Bertz CT molecular complexity index is 1040. The summed E-state index contributed by atoms with van der Waals surface area (Å²) in [4.78, 5) is 5.08. The summed E-state index contributed by atoms with van der Waals surface area (Å²) in [6.45, 7) is 9.28. The van der Waals surface area contributed by atoms with Crippen LogP contribution in [0.25, 0.3) is 0 Å². The Morgan fingerprint density at radius 3 is 2.54 bits per heavy atom. The van der Waals surface area contributed by atoms with Gasteiger partial charge in [-0.15, -0.1) is 0 Å². The molecule has 3 unspecified atom stereocenters. The van der Waals surface area contributed by atoms with Gasteiger partial charge in [0, 0.05) is 31.1 Å². The van der Waals surface area contributed by atoms with Gasteiger partial charge in [-0.1, -0.05) is 24.3 Å². The summed E-state index contributed by atoms with van der Waals surface area (Å²) >= 11 is 0. The maximum Gasteiger partial charge on any atom is 0.122 e. The zero-order valence-corrected chi connectivity index (χ0v) is 21.7. The van der Waals surface area contributed by atoms with Crippen LogP contribution in [0.4, 0.5) is 0 Å². The van der Waals surface area contributed by atoms with Crippen molar-refractivity contribution in [1.29, 1.82) is 0 Å². The second kappa shape index (κ2) is 9.76. The van der Waals surface area contributed by atoms with Crippen molar-refractivity contribution < 1.29 is 14.9 Å². The number of fused-ring (bicyclic) bond motifs is 1. The smallest absolute Gasteiger partial charge is 0.122 e. The number of hydrogen-bond donors (Lipinski definition) is 2. The van der Waals surface area contributed by atoms with Crippen LogP contribution >= 0.6 is 0 Å². The number of rotatable bonds is 7. The molecule has 2 aromatic carbocycles.